The number of aromatic nitrogens is 2. The minimum Gasteiger partial charge on any atom is -0.478 e. The third-order valence-corrected chi connectivity index (χ3v) is 10.8. The first kappa shape index (κ1) is 37.8. The number of ether oxygens (including phenoxy) is 1. The van der Waals surface area contributed by atoms with Crippen LogP contribution in [0.25, 0.3) is 43.8 Å². The van der Waals surface area contributed by atoms with Gasteiger partial charge in [0.25, 0.3) is 0 Å². The number of pyridine rings is 2. The van der Waals surface area contributed by atoms with Crippen molar-refractivity contribution in [2.45, 2.75) is 50.9 Å². The Labute approximate surface area is 321 Å². The summed E-state index contributed by atoms with van der Waals surface area (Å²) in [4.78, 5) is 36.5. The Morgan fingerprint density at radius 3 is 1.45 bits per heavy atom. The molecule has 2 saturated heterocycles. The summed E-state index contributed by atoms with van der Waals surface area (Å²) in [6.45, 7) is 6.04. The maximum absolute atomic E-state index is 11.7. The van der Waals surface area contributed by atoms with E-state index in [9.17, 15) is 9.59 Å². The summed E-state index contributed by atoms with van der Waals surface area (Å²) in [5.74, 6) is -1.24. The van der Waals surface area contributed by atoms with Gasteiger partial charge in [-0.2, -0.15) is 0 Å². The first-order valence-electron chi connectivity index (χ1n) is 19.0. The molecule has 6 aromatic rings. The van der Waals surface area contributed by atoms with Crippen LogP contribution in [-0.2, 0) is 17.8 Å². The number of piperidine rings is 2. The zero-order chi connectivity index (χ0) is 38.3. The molecule has 2 aliphatic rings. The van der Waals surface area contributed by atoms with Crippen LogP contribution >= 0.6 is 0 Å². The number of carboxylic acids is 1. The fourth-order valence-corrected chi connectivity index (χ4v) is 7.51. The van der Waals surface area contributed by atoms with Gasteiger partial charge >= 0.3 is 11.9 Å². The second-order valence-electron chi connectivity index (χ2n) is 14.7. The van der Waals surface area contributed by atoms with Crippen LogP contribution in [0.5, 0.6) is 0 Å². The fourth-order valence-electron chi connectivity index (χ4n) is 7.51. The number of aromatic carboxylic acids is 1. The third kappa shape index (κ3) is 9.24. The van der Waals surface area contributed by atoms with Gasteiger partial charge < -0.3 is 21.3 Å². The molecular weight excluding hydrogens is 689 g/mol. The number of nitrogens with zero attached hydrogens (tertiary/aromatic N) is 4. The second kappa shape index (κ2) is 17.3. The van der Waals surface area contributed by atoms with Crippen LogP contribution in [0.2, 0.25) is 0 Å². The van der Waals surface area contributed by atoms with Crippen molar-refractivity contribution in [2.24, 2.45) is 11.5 Å². The van der Waals surface area contributed by atoms with E-state index in [4.69, 9.17) is 21.3 Å². The van der Waals surface area contributed by atoms with E-state index in [1.165, 1.54) is 23.6 Å². The lowest BCUT2D eigenvalue weighted by atomic mass is 9.98. The molecule has 0 atom stereocenters. The molecule has 2 fully saturated rings. The number of carbonyl (C=O) groups excluding carboxylic acids is 1. The topological polar surface area (TPSA) is 148 Å². The fraction of sp³-hybridized carbons (Fsp3) is 0.289. The first-order chi connectivity index (χ1) is 26.7. The molecule has 4 heterocycles. The van der Waals surface area contributed by atoms with E-state index < -0.39 is 5.97 Å². The average Bonchev–Trinajstić information content (AvgIpc) is 3.22. The van der Waals surface area contributed by atoms with E-state index in [1.807, 2.05) is 49.1 Å². The predicted octanol–water partition coefficient (Wildman–Crippen LogP) is 7.13. The van der Waals surface area contributed by atoms with Crippen LogP contribution in [0.1, 0.15) is 57.5 Å². The van der Waals surface area contributed by atoms with Gasteiger partial charge in [-0.1, -0.05) is 48.5 Å². The highest BCUT2D eigenvalue weighted by Crippen LogP contribution is 2.31. The molecule has 0 bridgehead atoms. The number of benzene rings is 4. The summed E-state index contributed by atoms with van der Waals surface area (Å²) in [6, 6.07) is 28.2. The Morgan fingerprint density at radius 2 is 1.05 bits per heavy atom. The number of nitrogens with two attached hydrogens (primary N) is 2. The summed E-state index contributed by atoms with van der Waals surface area (Å²) in [5.41, 5.74) is 19.5. The van der Waals surface area contributed by atoms with E-state index in [-0.39, 0.29) is 11.5 Å². The SMILES string of the molecule is COC(=O)c1ccc(-c2cncc3ccc(CN4CCC(N)CC4)cc23)cc1.NC1CCN(Cc2ccc3cncc(-c4ccc(C(=O)O)cc4)c3c2)CC1. The molecule has 0 amide bonds. The molecule has 0 spiro atoms. The maximum Gasteiger partial charge on any atom is 0.337 e. The zero-order valence-electron chi connectivity index (χ0n) is 31.2. The minimum atomic E-state index is -0.916. The molecule has 10 heteroatoms. The van der Waals surface area contributed by atoms with E-state index in [2.05, 4.69) is 56.2 Å². The molecule has 282 valence electrons. The second-order valence-corrected chi connectivity index (χ2v) is 14.7. The Balaban J connectivity index is 0.000000169. The van der Waals surface area contributed by atoms with Gasteiger partial charge in [-0.25, -0.2) is 9.59 Å². The largest absolute Gasteiger partial charge is 0.478 e. The summed E-state index contributed by atoms with van der Waals surface area (Å²) in [6.07, 6.45) is 11.7. The van der Waals surface area contributed by atoms with Gasteiger partial charge in [-0.15, -0.1) is 0 Å². The lowest BCUT2D eigenvalue weighted by Crippen LogP contribution is -2.39. The lowest BCUT2D eigenvalue weighted by molar-refractivity contribution is 0.0599. The summed E-state index contributed by atoms with van der Waals surface area (Å²) < 4.78 is 4.78. The van der Waals surface area contributed by atoms with Crippen molar-refractivity contribution in [3.63, 3.8) is 0 Å². The van der Waals surface area contributed by atoms with Gasteiger partial charge in [-0.3, -0.25) is 19.8 Å². The molecule has 55 heavy (non-hydrogen) atoms. The molecule has 0 aliphatic carbocycles. The van der Waals surface area contributed by atoms with Crippen LogP contribution in [0, 0.1) is 0 Å². The number of rotatable bonds is 8. The van der Waals surface area contributed by atoms with Gasteiger partial charge in [0.15, 0.2) is 0 Å². The van der Waals surface area contributed by atoms with Crippen molar-refractivity contribution in [3.8, 4) is 22.3 Å². The van der Waals surface area contributed by atoms with Crippen molar-refractivity contribution in [2.75, 3.05) is 33.3 Å². The van der Waals surface area contributed by atoms with Gasteiger partial charge in [0.05, 0.1) is 18.2 Å². The summed E-state index contributed by atoms with van der Waals surface area (Å²) >= 11 is 0. The molecule has 2 aromatic heterocycles. The van der Waals surface area contributed by atoms with E-state index in [0.29, 0.717) is 17.6 Å². The monoisotopic (exact) mass is 736 g/mol. The van der Waals surface area contributed by atoms with Crippen molar-refractivity contribution in [3.05, 3.63) is 132 Å². The van der Waals surface area contributed by atoms with Crippen molar-refractivity contribution >= 4 is 33.5 Å². The average molecular weight is 737 g/mol. The van der Waals surface area contributed by atoms with Crippen molar-refractivity contribution in [1.82, 2.24) is 19.8 Å². The third-order valence-electron chi connectivity index (χ3n) is 10.8. The van der Waals surface area contributed by atoms with E-state index in [0.717, 1.165) is 103 Å². The first-order valence-corrected chi connectivity index (χ1v) is 19.0. The molecule has 5 N–H and O–H groups in total. The molecule has 0 radical (unpaired) electrons. The lowest BCUT2D eigenvalue weighted by Gasteiger charge is -2.30. The summed E-state index contributed by atoms with van der Waals surface area (Å²) in [5, 5.41) is 13.6. The normalized spacial score (nSPS) is 15.8. The van der Waals surface area contributed by atoms with Crippen LogP contribution in [0.4, 0.5) is 0 Å². The highest BCUT2D eigenvalue weighted by Gasteiger charge is 2.18. The number of carbonyl (C=O) groups is 2. The number of hydrogen-bond acceptors (Lipinski definition) is 9. The van der Waals surface area contributed by atoms with Crippen molar-refractivity contribution in [1.29, 1.82) is 0 Å². The number of carboxylic acid groups (broad SMARTS) is 1. The molecular formula is C45H48N6O4. The number of likely N-dealkylation sites (tertiary alicyclic amines) is 2. The van der Waals surface area contributed by atoms with Gasteiger partial charge in [-0.05, 0) is 121 Å². The Hall–Kier alpha value is -5.52. The summed E-state index contributed by atoms with van der Waals surface area (Å²) in [7, 11) is 1.39. The van der Waals surface area contributed by atoms with Gasteiger partial charge in [0, 0.05) is 71.9 Å². The highest BCUT2D eigenvalue weighted by atomic mass is 16.5. The highest BCUT2D eigenvalue weighted by molar-refractivity contribution is 5.98. The van der Waals surface area contributed by atoms with E-state index >= 15 is 0 Å². The van der Waals surface area contributed by atoms with Crippen LogP contribution in [-0.4, -0.2) is 82.2 Å². The molecule has 10 nitrogen and oxygen atoms in total. The standard InChI is InChI=1S/C23H25N3O2.C22H23N3O2/c1-28-23(27)18-6-4-17(5-7-18)22-14-25-13-19-3-2-16(12-21(19)22)15-26-10-8-20(24)9-11-26;23-19-7-9-25(10-8-19)14-15-1-2-18-12-24-13-21(20(18)11-15)16-3-5-17(6-4-16)22(26)27/h2-7,12-14,20H,8-11,15,24H2,1H3;1-6,11-13,19H,7-10,14,23H2,(H,26,27). The smallest absolute Gasteiger partial charge is 0.337 e. The number of hydrogen-bond donors (Lipinski definition) is 3. The Bertz CT molecular complexity index is 2260. The van der Waals surface area contributed by atoms with Crippen LogP contribution in [0.15, 0.2) is 110 Å². The molecule has 8 rings (SSSR count). The number of methoxy groups -OCH3 is 1. The molecule has 2 aliphatic heterocycles. The Morgan fingerprint density at radius 1 is 0.636 bits per heavy atom. The minimum absolute atomic E-state index is 0.288. The Kier molecular flexibility index (Phi) is 11.9. The number of fused-ring (bicyclic) bond motifs is 2. The van der Waals surface area contributed by atoms with E-state index in [1.54, 1.807) is 24.3 Å². The van der Waals surface area contributed by atoms with Gasteiger partial charge in [0.1, 0.15) is 0 Å². The zero-order valence-corrected chi connectivity index (χ0v) is 31.2. The predicted molar refractivity (Wildman–Crippen MR) is 218 cm³/mol. The molecule has 0 unspecified atom stereocenters. The van der Waals surface area contributed by atoms with Crippen LogP contribution in [0.3, 0.4) is 0 Å². The molecule has 0 saturated carbocycles. The quantitative estimate of drug-likeness (QED) is 0.138. The van der Waals surface area contributed by atoms with Gasteiger partial charge in [0.2, 0.25) is 0 Å². The maximum atomic E-state index is 11.7. The van der Waals surface area contributed by atoms with Crippen LogP contribution < -0.4 is 11.5 Å². The van der Waals surface area contributed by atoms with Crippen molar-refractivity contribution < 1.29 is 19.4 Å². The number of esters is 1. The molecule has 4 aromatic carbocycles.